The number of alkyl halides is 3. The lowest BCUT2D eigenvalue weighted by Crippen LogP contribution is -2.40. The minimum Gasteiger partial charge on any atom is -0.346 e. The average molecular weight is 293 g/mol. The van der Waals surface area contributed by atoms with Gasteiger partial charge in [0.25, 0.3) is 0 Å². The second-order valence-corrected chi connectivity index (χ2v) is 5.88. The summed E-state index contributed by atoms with van der Waals surface area (Å²) in [6.07, 6.45) is 3.10. The summed E-state index contributed by atoms with van der Waals surface area (Å²) in [7, 11) is 0. The van der Waals surface area contributed by atoms with Crippen LogP contribution >= 0.6 is 34.8 Å². The minimum atomic E-state index is -1.50. The molecule has 0 aromatic heterocycles. The molecule has 1 amide bonds. The second kappa shape index (κ2) is 6.29. The van der Waals surface area contributed by atoms with E-state index in [4.69, 9.17) is 34.8 Å². The van der Waals surface area contributed by atoms with Gasteiger partial charge < -0.3 is 5.32 Å². The highest BCUT2D eigenvalue weighted by Crippen LogP contribution is 2.29. The Morgan fingerprint density at radius 3 is 2.41 bits per heavy atom. The van der Waals surface area contributed by atoms with Gasteiger partial charge in [0, 0.05) is 6.08 Å². The quantitative estimate of drug-likeness (QED) is 0.669. The van der Waals surface area contributed by atoms with Crippen LogP contribution in [0.15, 0.2) is 36.4 Å². The zero-order valence-electron chi connectivity index (χ0n) is 9.16. The van der Waals surface area contributed by atoms with Gasteiger partial charge in [0.15, 0.2) is 0 Å². The molecular weight excluding hydrogens is 280 g/mol. The van der Waals surface area contributed by atoms with Crippen LogP contribution < -0.4 is 5.32 Å². The van der Waals surface area contributed by atoms with Crippen LogP contribution in [0.1, 0.15) is 12.5 Å². The first kappa shape index (κ1) is 14.4. The second-order valence-electron chi connectivity index (χ2n) is 3.52. The van der Waals surface area contributed by atoms with E-state index in [1.165, 1.54) is 6.08 Å². The molecule has 0 saturated heterocycles. The van der Waals surface area contributed by atoms with Crippen molar-refractivity contribution in [2.45, 2.75) is 16.8 Å². The number of halogens is 3. The first-order valence-corrected chi connectivity index (χ1v) is 6.13. The Balaban J connectivity index is 2.54. The fraction of sp³-hybridized carbons (Fsp3) is 0.250. The van der Waals surface area contributed by atoms with Gasteiger partial charge in [0.05, 0.1) is 6.04 Å². The normalized spacial score (nSPS) is 13.6. The predicted molar refractivity (Wildman–Crippen MR) is 73.4 cm³/mol. The SMILES string of the molecule is CC(NC(=O)/C=C/c1ccccc1)C(Cl)(Cl)Cl. The molecule has 0 saturated carbocycles. The molecule has 1 rings (SSSR count). The largest absolute Gasteiger partial charge is 0.346 e. The van der Waals surface area contributed by atoms with Crippen molar-refractivity contribution in [3.05, 3.63) is 42.0 Å². The monoisotopic (exact) mass is 291 g/mol. The molecule has 17 heavy (non-hydrogen) atoms. The smallest absolute Gasteiger partial charge is 0.244 e. The third-order valence-electron chi connectivity index (χ3n) is 2.08. The number of amides is 1. The number of hydrogen-bond acceptors (Lipinski definition) is 1. The van der Waals surface area contributed by atoms with E-state index in [9.17, 15) is 4.79 Å². The number of benzene rings is 1. The molecule has 0 heterocycles. The van der Waals surface area contributed by atoms with Crippen molar-refractivity contribution in [3.8, 4) is 0 Å². The molecule has 5 heteroatoms. The highest BCUT2D eigenvalue weighted by atomic mass is 35.6. The van der Waals surface area contributed by atoms with Crippen LogP contribution in [0.2, 0.25) is 0 Å². The van der Waals surface area contributed by atoms with Crippen molar-refractivity contribution in [1.82, 2.24) is 5.32 Å². The van der Waals surface area contributed by atoms with Gasteiger partial charge >= 0.3 is 0 Å². The van der Waals surface area contributed by atoms with Crippen LogP contribution in [0.3, 0.4) is 0 Å². The van der Waals surface area contributed by atoms with Gasteiger partial charge in [-0.05, 0) is 18.6 Å². The third kappa shape index (κ3) is 5.44. The first-order valence-electron chi connectivity index (χ1n) is 5.00. The first-order chi connectivity index (χ1) is 7.89. The van der Waals surface area contributed by atoms with E-state index < -0.39 is 9.83 Å². The van der Waals surface area contributed by atoms with Gasteiger partial charge in [0.1, 0.15) is 0 Å². The Hall–Kier alpha value is -0.700. The number of hydrogen-bond donors (Lipinski definition) is 1. The fourth-order valence-electron chi connectivity index (χ4n) is 1.08. The zero-order valence-corrected chi connectivity index (χ0v) is 11.4. The molecule has 0 bridgehead atoms. The molecule has 92 valence electrons. The maximum absolute atomic E-state index is 11.5. The highest BCUT2D eigenvalue weighted by Gasteiger charge is 2.29. The van der Waals surface area contributed by atoms with E-state index in [1.807, 2.05) is 30.3 Å². The average Bonchev–Trinajstić information content (AvgIpc) is 2.26. The van der Waals surface area contributed by atoms with Gasteiger partial charge in [-0.15, -0.1) is 0 Å². The van der Waals surface area contributed by atoms with Crippen LogP contribution in [0, 0.1) is 0 Å². The Kier molecular flexibility index (Phi) is 5.31. The van der Waals surface area contributed by atoms with Crippen molar-refractivity contribution in [2.24, 2.45) is 0 Å². The topological polar surface area (TPSA) is 29.1 Å². The van der Waals surface area contributed by atoms with E-state index in [2.05, 4.69) is 5.32 Å². The molecule has 0 aliphatic rings. The number of nitrogens with one attached hydrogen (secondary N) is 1. The molecule has 0 radical (unpaired) electrons. The van der Waals surface area contributed by atoms with E-state index in [1.54, 1.807) is 13.0 Å². The van der Waals surface area contributed by atoms with Crippen LogP contribution in [0.25, 0.3) is 6.08 Å². The van der Waals surface area contributed by atoms with Crippen molar-refractivity contribution in [2.75, 3.05) is 0 Å². The van der Waals surface area contributed by atoms with E-state index in [0.29, 0.717) is 0 Å². The zero-order chi connectivity index (χ0) is 12.9. The lowest BCUT2D eigenvalue weighted by atomic mass is 10.2. The van der Waals surface area contributed by atoms with Crippen molar-refractivity contribution in [3.63, 3.8) is 0 Å². The van der Waals surface area contributed by atoms with Crippen LogP contribution in [0.4, 0.5) is 0 Å². The fourth-order valence-corrected chi connectivity index (χ4v) is 1.24. The summed E-state index contributed by atoms with van der Waals surface area (Å²) in [6.45, 7) is 1.63. The van der Waals surface area contributed by atoms with Crippen molar-refractivity contribution in [1.29, 1.82) is 0 Å². The molecule has 1 N–H and O–H groups in total. The summed E-state index contributed by atoms with van der Waals surface area (Å²) in [4.78, 5) is 11.5. The maximum atomic E-state index is 11.5. The molecule has 2 nitrogen and oxygen atoms in total. The van der Waals surface area contributed by atoms with Crippen LogP contribution in [-0.2, 0) is 4.79 Å². The summed E-state index contributed by atoms with van der Waals surface area (Å²) in [5.74, 6) is -0.298. The van der Waals surface area contributed by atoms with Gasteiger partial charge in [-0.25, -0.2) is 0 Å². The Labute approximate surface area is 116 Å². The molecule has 1 unspecified atom stereocenters. The van der Waals surface area contributed by atoms with E-state index in [0.717, 1.165) is 5.56 Å². The van der Waals surface area contributed by atoms with Gasteiger partial charge in [0.2, 0.25) is 9.70 Å². The van der Waals surface area contributed by atoms with E-state index in [-0.39, 0.29) is 5.91 Å². The molecule has 0 aliphatic carbocycles. The molecule has 1 aromatic carbocycles. The summed E-state index contributed by atoms with van der Waals surface area (Å²) in [5.41, 5.74) is 0.934. The number of rotatable bonds is 3. The third-order valence-corrected chi connectivity index (χ3v) is 3.06. The summed E-state index contributed by atoms with van der Waals surface area (Å²) in [5, 5.41) is 2.57. The Morgan fingerprint density at radius 2 is 1.88 bits per heavy atom. The summed E-state index contributed by atoms with van der Waals surface area (Å²) < 4.78 is -1.50. The highest BCUT2D eigenvalue weighted by molar-refractivity contribution is 6.68. The molecule has 1 aromatic rings. The molecule has 0 aliphatic heterocycles. The molecule has 1 atom stereocenters. The maximum Gasteiger partial charge on any atom is 0.244 e. The van der Waals surface area contributed by atoms with Gasteiger partial charge in [-0.3, -0.25) is 4.79 Å². The summed E-state index contributed by atoms with van der Waals surface area (Å²) >= 11 is 16.9. The van der Waals surface area contributed by atoms with Crippen molar-refractivity contribution < 1.29 is 4.79 Å². The summed E-state index contributed by atoms with van der Waals surface area (Å²) in [6, 6.07) is 8.91. The van der Waals surface area contributed by atoms with Crippen molar-refractivity contribution >= 4 is 46.8 Å². The Bertz CT molecular complexity index is 398. The van der Waals surface area contributed by atoms with Gasteiger partial charge in [-0.1, -0.05) is 65.1 Å². The lowest BCUT2D eigenvalue weighted by Gasteiger charge is -2.20. The number of carbonyl (C=O) groups is 1. The Morgan fingerprint density at radius 1 is 1.29 bits per heavy atom. The van der Waals surface area contributed by atoms with Crippen LogP contribution in [-0.4, -0.2) is 15.7 Å². The van der Waals surface area contributed by atoms with Gasteiger partial charge in [-0.2, -0.15) is 0 Å². The molecule has 0 spiro atoms. The van der Waals surface area contributed by atoms with Crippen LogP contribution in [0.5, 0.6) is 0 Å². The lowest BCUT2D eigenvalue weighted by molar-refractivity contribution is -0.117. The number of carbonyl (C=O) groups excluding carboxylic acids is 1. The standard InChI is InChI=1S/C12H12Cl3NO/c1-9(12(13,14)15)16-11(17)8-7-10-5-3-2-4-6-10/h2-9H,1H3,(H,16,17)/b8-7+. The minimum absolute atomic E-state index is 0.298. The predicted octanol–water partition coefficient (Wildman–Crippen LogP) is 3.57. The molecule has 0 fully saturated rings. The van der Waals surface area contributed by atoms with E-state index >= 15 is 0 Å². The molecular formula is C12H12Cl3NO.